The van der Waals surface area contributed by atoms with Gasteiger partial charge in [0, 0.05) is 18.0 Å². The van der Waals surface area contributed by atoms with Crippen molar-refractivity contribution in [3.05, 3.63) is 22.7 Å². The van der Waals surface area contributed by atoms with Crippen molar-refractivity contribution in [3.8, 4) is 0 Å². The van der Waals surface area contributed by atoms with Gasteiger partial charge in [-0.25, -0.2) is 4.79 Å². The molecule has 0 aliphatic carbocycles. The fourth-order valence-electron chi connectivity index (χ4n) is 2.03. The molecule has 1 saturated heterocycles. The summed E-state index contributed by atoms with van der Waals surface area (Å²) in [6, 6.07) is 1.41. The van der Waals surface area contributed by atoms with Crippen LogP contribution in [0, 0.1) is 0 Å². The van der Waals surface area contributed by atoms with Crippen LogP contribution < -0.4 is 10.5 Å². The average molecular weight is 292 g/mol. The molecule has 9 heteroatoms. The number of ether oxygens (including phenoxy) is 1. The molecule has 1 aliphatic heterocycles. The third kappa shape index (κ3) is 2.33. The van der Waals surface area contributed by atoms with Crippen molar-refractivity contribution in [1.29, 1.82) is 0 Å². The van der Waals surface area contributed by atoms with Crippen molar-refractivity contribution >= 4 is 17.6 Å². The van der Waals surface area contributed by atoms with Gasteiger partial charge in [-0.05, 0) is 13.0 Å². The van der Waals surface area contributed by atoms with Crippen molar-refractivity contribution in [2.75, 3.05) is 11.4 Å². The molecule has 4 N–H and O–H groups in total. The summed E-state index contributed by atoms with van der Waals surface area (Å²) in [7, 11) is 0. The van der Waals surface area contributed by atoms with E-state index in [2.05, 4.69) is 9.82 Å². The molecule has 1 aliphatic rings. The maximum atomic E-state index is 11.8. The predicted molar refractivity (Wildman–Crippen MR) is 65.6 cm³/mol. The first kappa shape index (κ1) is 14.2. The van der Waals surface area contributed by atoms with Crippen molar-refractivity contribution in [3.63, 3.8) is 0 Å². The van der Waals surface area contributed by atoms with Gasteiger partial charge in [0.15, 0.2) is 6.23 Å². The van der Waals surface area contributed by atoms with Crippen LogP contribution in [0.3, 0.4) is 0 Å². The highest BCUT2D eigenvalue weighted by atomic mass is 35.5. The fraction of sp³-hybridized carbons (Fsp3) is 0.600. The fourth-order valence-corrected chi connectivity index (χ4v) is 2.14. The van der Waals surface area contributed by atoms with E-state index in [1.165, 1.54) is 19.2 Å². The zero-order valence-electron chi connectivity index (χ0n) is 10.0. The number of hydrogen-bond donors (Lipinski definition) is 4. The lowest BCUT2D eigenvalue weighted by Crippen LogP contribution is -2.46. The maximum Gasteiger partial charge on any atom is 0.351 e. The Kier molecular flexibility index (Phi) is 3.79. The number of rotatable bonds is 3. The molecule has 0 radical (unpaired) electrons. The number of nitrogens with zero attached hydrogens (tertiary/aromatic N) is 2. The number of anilines is 1. The molecule has 1 fully saturated rings. The molecule has 2 rings (SSSR count). The molecular weight excluding hydrogens is 278 g/mol. The van der Waals surface area contributed by atoms with Crippen LogP contribution in [0.4, 0.5) is 5.82 Å². The molecule has 1 unspecified atom stereocenters. The molecule has 106 valence electrons. The van der Waals surface area contributed by atoms with Gasteiger partial charge in [-0.15, -0.1) is 0 Å². The molecule has 8 nitrogen and oxygen atoms in total. The smallest absolute Gasteiger partial charge is 0.351 e. The van der Waals surface area contributed by atoms with Crippen molar-refractivity contribution in [2.24, 2.45) is 0 Å². The normalized spacial score (nSPS) is 34.5. The van der Waals surface area contributed by atoms with Gasteiger partial charge in [0.2, 0.25) is 0 Å². The van der Waals surface area contributed by atoms with Crippen LogP contribution in [-0.4, -0.2) is 49.3 Å². The maximum absolute atomic E-state index is 11.8. The van der Waals surface area contributed by atoms with Crippen LogP contribution in [0.15, 0.2) is 17.1 Å². The molecule has 0 aromatic carbocycles. The van der Waals surface area contributed by atoms with E-state index in [0.717, 1.165) is 4.57 Å². The van der Waals surface area contributed by atoms with E-state index in [0.29, 0.717) is 0 Å². The summed E-state index contributed by atoms with van der Waals surface area (Å²) in [5.74, 6) is 0.153. The molecule has 1 aromatic rings. The monoisotopic (exact) mass is 291 g/mol. The Balaban J connectivity index is 2.39. The largest absolute Gasteiger partial charge is 0.394 e. The van der Waals surface area contributed by atoms with Gasteiger partial charge in [0.25, 0.3) is 0 Å². The minimum Gasteiger partial charge on any atom is -0.394 e. The van der Waals surface area contributed by atoms with Crippen LogP contribution in [0.25, 0.3) is 0 Å². The zero-order chi connectivity index (χ0) is 14.2. The molecule has 0 bridgehead atoms. The summed E-state index contributed by atoms with van der Waals surface area (Å²) in [6.45, 7) is 0.843. The van der Waals surface area contributed by atoms with Gasteiger partial charge in [-0.1, -0.05) is 0 Å². The summed E-state index contributed by atoms with van der Waals surface area (Å²) in [5.41, 5.74) is -2.43. The first-order valence-corrected chi connectivity index (χ1v) is 5.92. The lowest BCUT2D eigenvalue weighted by Gasteiger charge is -2.27. The van der Waals surface area contributed by atoms with Crippen LogP contribution >= 0.6 is 11.8 Å². The second kappa shape index (κ2) is 5.06. The molecule has 4 atom stereocenters. The van der Waals surface area contributed by atoms with E-state index in [1.54, 1.807) is 0 Å². The Morgan fingerprint density at radius 2 is 2.37 bits per heavy atom. The summed E-state index contributed by atoms with van der Waals surface area (Å²) >= 11 is 5.32. The molecule has 19 heavy (non-hydrogen) atoms. The number of hydrogen-bond acceptors (Lipinski definition) is 7. The minimum atomic E-state index is -1.73. The van der Waals surface area contributed by atoms with Crippen LogP contribution in [0.2, 0.25) is 0 Å². The summed E-state index contributed by atoms with van der Waals surface area (Å²) in [5, 5.41) is 29.1. The molecule has 1 aromatic heterocycles. The van der Waals surface area contributed by atoms with E-state index in [1.807, 2.05) is 0 Å². The zero-order valence-corrected chi connectivity index (χ0v) is 10.8. The average Bonchev–Trinajstić information content (AvgIpc) is 2.61. The Hall–Kier alpha value is -1.19. The van der Waals surface area contributed by atoms with E-state index in [9.17, 15) is 15.0 Å². The predicted octanol–water partition coefficient (Wildman–Crippen LogP) is -1.19. The Morgan fingerprint density at radius 1 is 1.68 bits per heavy atom. The molecular formula is C10H14ClN3O5. The summed E-state index contributed by atoms with van der Waals surface area (Å²) in [6.07, 6.45) is -2.12. The first-order chi connectivity index (χ1) is 8.91. The highest BCUT2D eigenvalue weighted by molar-refractivity contribution is 6.23. The number of halogens is 1. The van der Waals surface area contributed by atoms with Crippen molar-refractivity contribution in [2.45, 2.75) is 31.0 Å². The van der Waals surface area contributed by atoms with Gasteiger partial charge in [-0.2, -0.15) is 4.98 Å². The van der Waals surface area contributed by atoms with Gasteiger partial charge in [0.1, 0.15) is 23.6 Å². The number of aliphatic hydroxyl groups is 3. The third-order valence-electron chi connectivity index (χ3n) is 3.11. The second-order valence-electron chi connectivity index (χ2n) is 4.48. The number of aromatic nitrogens is 2. The van der Waals surface area contributed by atoms with E-state index >= 15 is 0 Å². The first-order valence-electron chi connectivity index (χ1n) is 5.54. The summed E-state index contributed by atoms with van der Waals surface area (Å²) < 4.78 is 6.32. The molecule has 2 heterocycles. The van der Waals surface area contributed by atoms with Crippen LogP contribution in [-0.2, 0) is 4.74 Å². The van der Waals surface area contributed by atoms with Crippen LogP contribution in [0.1, 0.15) is 13.2 Å². The SMILES string of the molecule is C[C@]1(O)C(O)[C@@H](CO)O[C@H]1n1ccc(NCl)nc1=O. The van der Waals surface area contributed by atoms with Gasteiger partial charge in [0.05, 0.1) is 6.61 Å². The van der Waals surface area contributed by atoms with Crippen molar-refractivity contribution < 1.29 is 20.1 Å². The standard InChI is InChI=1S/C10H14ClN3O5/c1-10(18)7(16)5(4-15)19-8(10)14-3-2-6(13-11)12-9(14)17/h2-3,5,7-8,15-16,18H,4H2,1H3,(H,12,13,17)/t5-,7?,8-,10+/m1/s1. The highest BCUT2D eigenvalue weighted by Crippen LogP contribution is 2.37. The lowest BCUT2D eigenvalue weighted by molar-refractivity contribution is -0.0986. The Bertz CT molecular complexity index is 520. The van der Waals surface area contributed by atoms with E-state index < -0.39 is 36.3 Å². The Labute approximate surface area is 113 Å². The van der Waals surface area contributed by atoms with E-state index in [4.69, 9.17) is 21.6 Å². The second-order valence-corrected chi connectivity index (χ2v) is 4.67. The van der Waals surface area contributed by atoms with Gasteiger partial charge < -0.3 is 20.1 Å². The topological polar surface area (TPSA) is 117 Å². The highest BCUT2D eigenvalue weighted by Gasteiger charge is 2.53. The lowest BCUT2D eigenvalue weighted by atomic mass is 9.96. The summed E-state index contributed by atoms with van der Waals surface area (Å²) in [4.78, 5) is 17.6. The molecule has 0 saturated carbocycles. The minimum absolute atomic E-state index is 0.153. The number of aliphatic hydroxyl groups excluding tert-OH is 2. The van der Waals surface area contributed by atoms with Gasteiger partial charge >= 0.3 is 5.69 Å². The third-order valence-corrected chi connectivity index (χ3v) is 3.31. The van der Waals surface area contributed by atoms with Crippen molar-refractivity contribution in [1.82, 2.24) is 9.55 Å². The molecule has 0 amide bonds. The quantitative estimate of drug-likeness (QED) is 0.517. The van der Waals surface area contributed by atoms with Gasteiger partial charge in [-0.3, -0.25) is 9.40 Å². The van der Waals surface area contributed by atoms with Crippen LogP contribution in [0.5, 0.6) is 0 Å². The Morgan fingerprint density at radius 3 is 2.84 bits per heavy atom. The number of nitrogens with one attached hydrogen (secondary N) is 1. The van der Waals surface area contributed by atoms with E-state index in [-0.39, 0.29) is 5.82 Å². The molecule has 0 spiro atoms.